The molecule has 2 aromatic rings. The van der Waals surface area contributed by atoms with Crippen molar-refractivity contribution >= 4 is 5.57 Å². The lowest BCUT2D eigenvalue weighted by molar-refractivity contribution is -0.305. The number of alkyl halides is 7. The molecule has 0 aromatic heterocycles. The highest BCUT2D eigenvalue weighted by atomic mass is 19.4. The van der Waals surface area contributed by atoms with Gasteiger partial charge in [0.05, 0.1) is 0 Å². The van der Waals surface area contributed by atoms with Gasteiger partial charge in [0.2, 0.25) is 0 Å². The van der Waals surface area contributed by atoms with Gasteiger partial charge in [0, 0.05) is 12.0 Å². The fraction of sp³-hybridized carbons (Fsp3) is 0.333. The number of ether oxygens (including phenoxy) is 1. The average molecular weight is 476 g/mol. The fourth-order valence-corrected chi connectivity index (χ4v) is 3.60. The van der Waals surface area contributed by atoms with Gasteiger partial charge in [-0.05, 0) is 35.2 Å². The number of aryl methyl sites for hydroxylation is 1. The van der Waals surface area contributed by atoms with Gasteiger partial charge >= 0.3 is 12.3 Å². The molecule has 9 heteroatoms. The summed E-state index contributed by atoms with van der Waals surface area (Å²) in [5.74, 6) is -2.78. The van der Waals surface area contributed by atoms with Gasteiger partial charge in [0.1, 0.15) is 0 Å². The van der Waals surface area contributed by atoms with Crippen LogP contribution in [0.1, 0.15) is 36.5 Å². The molecule has 0 bridgehead atoms. The summed E-state index contributed by atoms with van der Waals surface area (Å²) in [5, 5.41) is 0. The van der Waals surface area contributed by atoms with Crippen LogP contribution in [0.3, 0.4) is 0 Å². The molecule has 0 saturated heterocycles. The van der Waals surface area contributed by atoms with Gasteiger partial charge in [-0.25, -0.2) is 13.2 Å². The van der Waals surface area contributed by atoms with Crippen LogP contribution in [-0.2, 0) is 12.1 Å². The minimum absolute atomic E-state index is 0.0275. The molecule has 0 aliphatic heterocycles. The van der Waals surface area contributed by atoms with Crippen molar-refractivity contribution < 1.29 is 39.9 Å². The summed E-state index contributed by atoms with van der Waals surface area (Å²) in [4.78, 5) is 0. The number of hydrogen-bond acceptors (Lipinski definition) is 1. The van der Waals surface area contributed by atoms with Crippen molar-refractivity contribution in [1.82, 2.24) is 0 Å². The third-order valence-electron chi connectivity index (χ3n) is 5.25. The first-order chi connectivity index (χ1) is 15.4. The molecule has 0 N–H and O–H groups in total. The number of hydrogen-bond donors (Lipinski definition) is 0. The normalized spacial score (nSPS) is 19.8. The fourth-order valence-electron chi connectivity index (χ4n) is 3.60. The molecule has 1 aliphatic rings. The lowest BCUT2D eigenvalue weighted by Gasteiger charge is -2.30. The van der Waals surface area contributed by atoms with E-state index in [1.54, 1.807) is 36.4 Å². The topological polar surface area (TPSA) is 9.23 Å². The third kappa shape index (κ3) is 5.23. The highest BCUT2D eigenvalue weighted by molar-refractivity contribution is 5.77. The molecule has 0 spiro atoms. The molecular weight excluding hydrogens is 456 g/mol. The Hall–Kier alpha value is -2.84. The average Bonchev–Trinajstić information content (AvgIpc) is 2.75. The standard InChI is InChI=1S/C24H20F8O/c1-2-5-15-7-10-17(11-8-15)22(27)13-4-3-6-18(22)16-9-12-20(19(25)14-16)33-24(31,32)21(26)23(28,29)30/h3-4,6-12,14,21H,2,5,13H2,1H3. The van der Waals surface area contributed by atoms with Crippen molar-refractivity contribution in [1.29, 1.82) is 0 Å². The number of benzene rings is 2. The van der Waals surface area contributed by atoms with E-state index < -0.39 is 35.7 Å². The van der Waals surface area contributed by atoms with Crippen molar-refractivity contribution in [2.45, 2.75) is 50.3 Å². The third-order valence-corrected chi connectivity index (χ3v) is 5.25. The van der Waals surface area contributed by atoms with E-state index in [0.717, 1.165) is 24.5 Å². The summed E-state index contributed by atoms with van der Waals surface area (Å²) in [6, 6.07) is 9.10. The maximum absolute atomic E-state index is 16.1. The summed E-state index contributed by atoms with van der Waals surface area (Å²) in [6.07, 6.45) is -9.72. The van der Waals surface area contributed by atoms with Gasteiger partial charge in [0.25, 0.3) is 6.17 Å². The van der Waals surface area contributed by atoms with E-state index in [-0.39, 0.29) is 17.6 Å². The molecule has 3 rings (SSSR count). The lowest BCUT2D eigenvalue weighted by atomic mass is 9.78. The van der Waals surface area contributed by atoms with Crippen LogP contribution in [0.2, 0.25) is 0 Å². The van der Waals surface area contributed by atoms with Gasteiger partial charge in [-0.15, -0.1) is 0 Å². The van der Waals surface area contributed by atoms with E-state index >= 15 is 4.39 Å². The van der Waals surface area contributed by atoms with E-state index in [2.05, 4.69) is 4.74 Å². The zero-order valence-electron chi connectivity index (χ0n) is 17.4. The summed E-state index contributed by atoms with van der Waals surface area (Å²) < 4.78 is 111. The Morgan fingerprint density at radius 2 is 1.70 bits per heavy atom. The van der Waals surface area contributed by atoms with Crippen LogP contribution < -0.4 is 4.74 Å². The van der Waals surface area contributed by atoms with Gasteiger partial charge in [-0.2, -0.15) is 22.0 Å². The molecular formula is C24H20F8O. The molecule has 1 aliphatic carbocycles. The van der Waals surface area contributed by atoms with Crippen molar-refractivity contribution in [3.63, 3.8) is 0 Å². The quantitative estimate of drug-likeness (QED) is 0.370. The Labute approximate surface area is 185 Å². The predicted octanol–water partition coefficient (Wildman–Crippen LogP) is 7.86. The first-order valence-electron chi connectivity index (χ1n) is 10.1. The summed E-state index contributed by atoms with van der Waals surface area (Å²) in [5.41, 5.74) is -0.737. The number of halogens is 8. The van der Waals surface area contributed by atoms with Crippen LogP contribution in [0.5, 0.6) is 5.75 Å². The lowest BCUT2D eigenvalue weighted by Crippen LogP contribution is -2.45. The van der Waals surface area contributed by atoms with Crippen LogP contribution in [0.25, 0.3) is 5.57 Å². The van der Waals surface area contributed by atoms with Crippen molar-refractivity contribution in [3.8, 4) is 5.75 Å². The monoisotopic (exact) mass is 476 g/mol. The Bertz CT molecular complexity index is 1040. The second kappa shape index (κ2) is 9.19. The second-order valence-corrected chi connectivity index (χ2v) is 7.67. The Morgan fingerprint density at radius 3 is 2.27 bits per heavy atom. The summed E-state index contributed by atoms with van der Waals surface area (Å²) in [6.45, 7) is 2.01. The minimum Gasteiger partial charge on any atom is -0.427 e. The largest absolute Gasteiger partial charge is 0.439 e. The number of allylic oxidation sites excluding steroid dienone is 4. The Kier molecular flexibility index (Phi) is 6.91. The highest BCUT2D eigenvalue weighted by Crippen LogP contribution is 2.46. The van der Waals surface area contributed by atoms with E-state index in [4.69, 9.17) is 0 Å². The van der Waals surface area contributed by atoms with Crippen LogP contribution >= 0.6 is 0 Å². The Balaban J connectivity index is 1.91. The zero-order chi connectivity index (χ0) is 24.4. The predicted molar refractivity (Wildman–Crippen MR) is 108 cm³/mol. The van der Waals surface area contributed by atoms with E-state index in [1.165, 1.54) is 6.08 Å². The maximum Gasteiger partial charge on any atom is 0.439 e. The molecule has 0 saturated carbocycles. The van der Waals surface area contributed by atoms with E-state index in [0.29, 0.717) is 17.7 Å². The van der Waals surface area contributed by atoms with Crippen LogP contribution in [0, 0.1) is 5.82 Å². The molecule has 2 atom stereocenters. The van der Waals surface area contributed by atoms with Crippen LogP contribution in [-0.4, -0.2) is 18.5 Å². The summed E-state index contributed by atoms with van der Waals surface area (Å²) >= 11 is 0. The highest BCUT2D eigenvalue weighted by Gasteiger charge is 2.59. The van der Waals surface area contributed by atoms with Crippen molar-refractivity contribution in [3.05, 3.63) is 83.2 Å². The molecule has 2 aromatic carbocycles. The maximum atomic E-state index is 16.1. The smallest absolute Gasteiger partial charge is 0.427 e. The molecule has 1 nitrogen and oxygen atoms in total. The second-order valence-electron chi connectivity index (χ2n) is 7.67. The molecule has 0 heterocycles. The SMILES string of the molecule is CCCc1ccc(C2(F)CC=CC=C2c2ccc(OC(F)(F)C(F)C(F)(F)F)c(F)c2)cc1. The first-order valence-corrected chi connectivity index (χ1v) is 10.1. The summed E-state index contributed by atoms with van der Waals surface area (Å²) in [7, 11) is 0. The van der Waals surface area contributed by atoms with Crippen LogP contribution in [0.4, 0.5) is 35.1 Å². The molecule has 0 fully saturated rings. The zero-order valence-corrected chi connectivity index (χ0v) is 17.4. The number of rotatable bonds is 7. The molecule has 178 valence electrons. The minimum atomic E-state index is -5.90. The molecule has 0 amide bonds. The van der Waals surface area contributed by atoms with Crippen molar-refractivity contribution in [2.75, 3.05) is 0 Å². The molecule has 2 unspecified atom stereocenters. The molecule has 33 heavy (non-hydrogen) atoms. The molecule has 0 radical (unpaired) electrons. The van der Waals surface area contributed by atoms with E-state index in [1.807, 2.05) is 6.92 Å². The first kappa shape index (κ1) is 24.8. The van der Waals surface area contributed by atoms with Crippen molar-refractivity contribution in [2.24, 2.45) is 0 Å². The Morgan fingerprint density at radius 1 is 1.03 bits per heavy atom. The van der Waals surface area contributed by atoms with Gasteiger partial charge in [-0.1, -0.05) is 61.9 Å². The van der Waals surface area contributed by atoms with Gasteiger partial charge in [-0.3, -0.25) is 0 Å². The van der Waals surface area contributed by atoms with Gasteiger partial charge < -0.3 is 4.74 Å². The van der Waals surface area contributed by atoms with Crippen LogP contribution in [0.15, 0.2) is 60.7 Å². The van der Waals surface area contributed by atoms with Gasteiger partial charge in [0.15, 0.2) is 17.2 Å². The van der Waals surface area contributed by atoms with E-state index in [9.17, 15) is 30.7 Å².